The molecule has 1 saturated heterocycles. The van der Waals surface area contributed by atoms with Gasteiger partial charge in [0.2, 0.25) is 11.6 Å². The van der Waals surface area contributed by atoms with Crippen molar-refractivity contribution in [3.63, 3.8) is 0 Å². The van der Waals surface area contributed by atoms with Crippen molar-refractivity contribution in [3.05, 3.63) is 95.6 Å². The fourth-order valence-electron chi connectivity index (χ4n) is 4.72. The molecule has 6 heteroatoms. The molecule has 3 aromatic carbocycles. The second kappa shape index (κ2) is 7.64. The summed E-state index contributed by atoms with van der Waals surface area (Å²) >= 11 is 0. The molecule has 3 aromatic rings. The molecule has 2 aliphatic rings. The number of carbonyl (C=O) groups excluding carboxylic acids is 3. The van der Waals surface area contributed by atoms with Crippen LogP contribution in [0.3, 0.4) is 0 Å². The van der Waals surface area contributed by atoms with Crippen molar-refractivity contribution in [2.75, 3.05) is 10.2 Å². The standard InChI is InChI=1S/C26H23N3O3/c1-18-8-7-11-20(16-18)27-25(32)26-15-14-23(30)29(26)22-13-6-5-12-21(22)24(31)28(26)17-19-9-3-2-4-10-19/h2-13,16H,14-15,17H2,1H3,(H,27,32)/t26-/m1/s1. The van der Waals surface area contributed by atoms with Gasteiger partial charge in [0, 0.05) is 25.1 Å². The number of amides is 3. The molecule has 2 heterocycles. The Morgan fingerprint density at radius 3 is 2.50 bits per heavy atom. The molecule has 0 aromatic heterocycles. The molecule has 0 bridgehead atoms. The number of nitrogens with zero attached hydrogens (tertiary/aromatic N) is 2. The molecule has 32 heavy (non-hydrogen) atoms. The number of para-hydroxylation sites is 1. The number of hydrogen-bond donors (Lipinski definition) is 1. The summed E-state index contributed by atoms with van der Waals surface area (Å²) in [4.78, 5) is 43.8. The van der Waals surface area contributed by atoms with Gasteiger partial charge in [-0.05, 0) is 42.3 Å². The second-order valence-corrected chi connectivity index (χ2v) is 8.26. The van der Waals surface area contributed by atoms with Gasteiger partial charge in [0.1, 0.15) is 0 Å². The Morgan fingerprint density at radius 2 is 1.72 bits per heavy atom. The molecule has 1 atom stereocenters. The number of carbonyl (C=O) groups is 3. The van der Waals surface area contributed by atoms with Crippen LogP contribution in [0.15, 0.2) is 78.9 Å². The molecule has 0 aliphatic carbocycles. The maximum atomic E-state index is 13.9. The third kappa shape index (κ3) is 3.07. The summed E-state index contributed by atoms with van der Waals surface area (Å²) in [7, 11) is 0. The van der Waals surface area contributed by atoms with E-state index in [0.717, 1.165) is 11.1 Å². The maximum Gasteiger partial charge on any atom is 0.271 e. The van der Waals surface area contributed by atoms with Crippen molar-refractivity contribution in [2.45, 2.75) is 32.0 Å². The minimum absolute atomic E-state index is 0.164. The summed E-state index contributed by atoms with van der Waals surface area (Å²) in [5, 5.41) is 2.98. The van der Waals surface area contributed by atoms with Crippen molar-refractivity contribution in [1.82, 2.24) is 4.90 Å². The lowest BCUT2D eigenvalue weighted by atomic mass is 9.94. The van der Waals surface area contributed by atoms with Crippen LogP contribution in [-0.2, 0) is 16.1 Å². The van der Waals surface area contributed by atoms with Gasteiger partial charge in [-0.15, -0.1) is 0 Å². The third-order valence-corrected chi connectivity index (χ3v) is 6.20. The smallest absolute Gasteiger partial charge is 0.271 e. The number of hydrogen-bond acceptors (Lipinski definition) is 3. The summed E-state index contributed by atoms with van der Waals surface area (Å²) in [6.45, 7) is 2.17. The van der Waals surface area contributed by atoms with E-state index in [2.05, 4.69) is 5.32 Å². The van der Waals surface area contributed by atoms with Crippen LogP contribution in [0.25, 0.3) is 0 Å². The van der Waals surface area contributed by atoms with Crippen molar-refractivity contribution < 1.29 is 14.4 Å². The fraction of sp³-hybridized carbons (Fsp3) is 0.192. The Kier molecular flexibility index (Phi) is 4.78. The Morgan fingerprint density at radius 1 is 0.969 bits per heavy atom. The monoisotopic (exact) mass is 425 g/mol. The normalized spacial score (nSPS) is 19.5. The predicted molar refractivity (Wildman–Crippen MR) is 122 cm³/mol. The number of nitrogens with one attached hydrogen (secondary N) is 1. The van der Waals surface area contributed by atoms with E-state index < -0.39 is 5.66 Å². The molecule has 6 nitrogen and oxygen atoms in total. The van der Waals surface area contributed by atoms with Crippen molar-refractivity contribution >= 4 is 29.1 Å². The van der Waals surface area contributed by atoms with Gasteiger partial charge in [0.25, 0.3) is 11.8 Å². The average molecular weight is 425 g/mol. The molecule has 0 radical (unpaired) electrons. The summed E-state index contributed by atoms with van der Waals surface area (Å²) in [5.74, 6) is -0.801. The van der Waals surface area contributed by atoms with Crippen LogP contribution in [0.5, 0.6) is 0 Å². The topological polar surface area (TPSA) is 69.7 Å². The van der Waals surface area contributed by atoms with Crippen LogP contribution in [0.2, 0.25) is 0 Å². The minimum Gasteiger partial charge on any atom is -0.322 e. The highest BCUT2D eigenvalue weighted by Gasteiger charge is 2.60. The van der Waals surface area contributed by atoms with E-state index in [-0.39, 0.29) is 37.1 Å². The first-order valence-electron chi connectivity index (χ1n) is 10.7. The summed E-state index contributed by atoms with van der Waals surface area (Å²) < 4.78 is 0. The highest BCUT2D eigenvalue weighted by molar-refractivity contribution is 6.18. The first-order valence-corrected chi connectivity index (χ1v) is 10.7. The number of rotatable bonds is 4. The van der Waals surface area contributed by atoms with Gasteiger partial charge >= 0.3 is 0 Å². The van der Waals surface area contributed by atoms with E-state index in [1.54, 1.807) is 29.2 Å². The highest BCUT2D eigenvalue weighted by atomic mass is 16.2. The van der Waals surface area contributed by atoms with Crippen LogP contribution in [0.4, 0.5) is 11.4 Å². The van der Waals surface area contributed by atoms with E-state index in [1.807, 2.05) is 61.5 Å². The van der Waals surface area contributed by atoms with E-state index in [9.17, 15) is 14.4 Å². The molecule has 1 fully saturated rings. The average Bonchev–Trinajstić information content (AvgIpc) is 3.16. The first-order chi connectivity index (χ1) is 15.5. The zero-order valence-corrected chi connectivity index (χ0v) is 17.7. The Hall–Kier alpha value is -3.93. The third-order valence-electron chi connectivity index (χ3n) is 6.20. The van der Waals surface area contributed by atoms with Gasteiger partial charge in [-0.1, -0.05) is 54.6 Å². The molecule has 3 amide bonds. The van der Waals surface area contributed by atoms with Crippen LogP contribution < -0.4 is 10.2 Å². The number of benzene rings is 3. The Labute approximate surface area is 186 Å². The number of anilines is 2. The van der Waals surface area contributed by atoms with Gasteiger partial charge in [0.05, 0.1) is 11.3 Å². The van der Waals surface area contributed by atoms with Gasteiger partial charge in [-0.3, -0.25) is 19.3 Å². The van der Waals surface area contributed by atoms with E-state index in [0.29, 0.717) is 16.9 Å². The van der Waals surface area contributed by atoms with Gasteiger partial charge in [0.15, 0.2) is 0 Å². The van der Waals surface area contributed by atoms with Crippen molar-refractivity contribution in [2.24, 2.45) is 0 Å². The molecule has 0 unspecified atom stereocenters. The molecule has 2 aliphatic heterocycles. The van der Waals surface area contributed by atoms with E-state index in [4.69, 9.17) is 0 Å². The minimum atomic E-state index is -1.43. The molecule has 0 saturated carbocycles. The summed E-state index contributed by atoms with van der Waals surface area (Å²) in [6, 6.07) is 24.0. The van der Waals surface area contributed by atoms with Crippen molar-refractivity contribution in [1.29, 1.82) is 0 Å². The van der Waals surface area contributed by atoms with Crippen LogP contribution in [0.1, 0.15) is 34.3 Å². The van der Waals surface area contributed by atoms with Crippen LogP contribution in [0, 0.1) is 6.92 Å². The zero-order valence-electron chi connectivity index (χ0n) is 17.7. The van der Waals surface area contributed by atoms with E-state index >= 15 is 0 Å². The number of fused-ring (bicyclic) bond motifs is 3. The molecule has 0 spiro atoms. The molecular formula is C26H23N3O3. The van der Waals surface area contributed by atoms with Gasteiger partial charge in [-0.25, -0.2) is 0 Å². The lowest BCUT2D eigenvalue weighted by Gasteiger charge is -2.49. The van der Waals surface area contributed by atoms with Crippen LogP contribution in [-0.4, -0.2) is 28.3 Å². The first kappa shape index (κ1) is 20.0. The summed E-state index contributed by atoms with van der Waals surface area (Å²) in [5.41, 5.74) is 2.02. The predicted octanol–water partition coefficient (Wildman–Crippen LogP) is 4.11. The molecular weight excluding hydrogens is 402 g/mol. The molecule has 160 valence electrons. The Balaban J connectivity index is 1.65. The lowest BCUT2D eigenvalue weighted by molar-refractivity contribution is -0.129. The SMILES string of the molecule is Cc1cccc(NC(=O)[C@@]23CCC(=O)N2c2ccccc2C(=O)N3Cc2ccccc2)c1. The lowest BCUT2D eigenvalue weighted by Crippen LogP contribution is -2.69. The van der Waals surface area contributed by atoms with Crippen LogP contribution >= 0.6 is 0 Å². The van der Waals surface area contributed by atoms with Gasteiger partial charge in [-0.2, -0.15) is 0 Å². The largest absolute Gasteiger partial charge is 0.322 e. The van der Waals surface area contributed by atoms with Gasteiger partial charge < -0.3 is 10.2 Å². The van der Waals surface area contributed by atoms with E-state index in [1.165, 1.54) is 4.90 Å². The maximum absolute atomic E-state index is 13.9. The second-order valence-electron chi connectivity index (χ2n) is 8.26. The fourth-order valence-corrected chi connectivity index (χ4v) is 4.72. The molecule has 1 N–H and O–H groups in total. The molecule has 5 rings (SSSR count). The highest BCUT2D eigenvalue weighted by Crippen LogP contribution is 2.45. The summed E-state index contributed by atoms with van der Waals surface area (Å²) in [6.07, 6.45) is 0.421. The number of aryl methyl sites for hydroxylation is 1. The Bertz CT molecular complexity index is 1220. The van der Waals surface area contributed by atoms with Crippen molar-refractivity contribution in [3.8, 4) is 0 Å². The quantitative estimate of drug-likeness (QED) is 0.684. The zero-order chi connectivity index (χ0) is 22.3.